The minimum Gasteiger partial charge on any atom is -0.456 e. The largest absolute Gasteiger partial charge is 0.456 e. The van der Waals surface area contributed by atoms with E-state index in [1.54, 1.807) is 0 Å². The number of nitrogens with zero attached hydrogens (tertiary/aromatic N) is 3. The van der Waals surface area contributed by atoms with Crippen LogP contribution in [-0.4, -0.2) is 15.0 Å². The number of hydrogen-bond acceptors (Lipinski definition) is 4. The predicted molar refractivity (Wildman–Crippen MR) is 200 cm³/mol. The van der Waals surface area contributed by atoms with Crippen LogP contribution >= 0.6 is 0 Å². The minimum atomic E-state index is 0.616. The Bertz CT molecular complexity index is 2540. The monoisotopic (exact) mass is 627 g/mol. The maximum Gasteiger partial charge on any atom is 0.164 e. The van der Waals surface area contributed by atoms with E-state index in [4.69, 9.17) is 19.4 Å². The van der Waals surface area contributed by atoms with Crippen molar-refractivity contribution in [2.24, 2.45) is 0 Å². The summed E-state index contributed by atoms with van der Waals surface area (Å²) in [6, 6.07) is 60.7. The zero-order chi connectivity index (χ0) is 32.6. The van der Waals surface area contributed by atoms with Crippen molar-refractivity contribution in [1.29, 1.82) is 0 Å². The second kappa shape index (κ2) is 12.2. The first-order chi connectivity index (χ1) is 24.2. The first-order valence-corrected chi connectivity index (χ1v) is 16.4. The second-order valence-electron chi connectivity index (χ2n) is 12.1. The normalized spacial score (nSPS) is 11.3. The van der Waals surface area contributed by atoms with Crippen LogP contribution in [0.15, 0.2) is 180 Å². The van der Waals surface area contributed by atoms with Gasteiger partial charge >= 0.3 is 0 Å². The molecule has 9 aromatic rings. The summed E-state index contributed by atoms with van der Waals surface area (Å²) in [5, 5.41) is 2.07. The SMILES string of the molecule is c1ccc(-c2cccc(-c3cccc(-c4ccc5oc6ccc(-c7nc(-c8ccccc8)nc(-c8ccccc8)n7)cc6c5c4)c3)c2)cc1. The number of benzene rings is 7. The van der Waals surface area contributed by atoms with E-state index in [0.717, 1.165) is 49.8 Å². The molecule has 0 atom stereocenters. The third kappa shape index (κ3) is 5.56. The highest BCUT2D eigenvalue weighted by molar-refractivity contribution is 6.07. The predicted octanol–water partition coefficient (Wildman–Crippen LogP) is 11.8. The third-order valence-electron chi connectivity index (χ3n) is 8.93. The molecule has 4 heteroatoms. The summed E-state index contributed by atoms with van der Waals surface area (Å²) < 4.78 is 6.32. The van der Waals surface area contributed by atoms with Gasteiger partial charge in [-0.05, 0) is 75.8 Å². The molecule has 7 aromatic carbocycles. The summed E-state index contributed by atoms with van der Waals surface area (Å²) in [6.07, 6.45) is 0. The van der Waals surface area contributed by atoms with Gasteiger partial charge in [-0.2, -0.15) is 0 Å². The van der Waals surface area contributed by atoms with E-state index in [1.165, 1.54) is 22.3 Å². The molecule has 0 aliphatic heterocycles. The lowest BCUT2D eigenvalue weighted by molar-refractivity contribution is 0.669. The standard InChI is InChI=1S/C45H29N3O/c1-4-12-30(13-5-1)33-18-10-19-34(26-33)35-20-11-21-36(27-35)37-22-24-41-39(28-37)40-29-38(23-25-42(40)49-41)45-47-43(31-14-6-2-7-15-31)46-44(48-45)32-16-8-3-9-17-32/h1-29H. The fourth-order valence-electron chi connectivity index (χ4n) is 6.42. The summed E-state index contributed by atoms with van der Waals surface area (Å²) in [4.78, 5) is 14.7. The molecule has 4 nitrogen and oxygen atoms in total. The Labute approximate surface area is 284 Å². The van der Waals surface area contributed by atoms with E-state index in [9.17, 15) is 0 Å². The molecule has 0 amide bonds. The Balaban J connectivity index is 1.12. The molecule has 49 heavy (non-hydrogen) atoms. The molecular weight excluding hydrogens is 599 g/mol. The zero-order valence-electron chi connectivity index (χ0n) is 26.5. The molecule has 2 heterocycles. The van der Waals surface area contributed by atoms with Gasteiger partial charge in [0.2, 0.25) is 0 Å². The molecule has 2 aromatic heterocycles. The highest BCUT2D eigenvalue weighted by Crippen LogP contribution is 2.36. The Morgan fingerprint density at radius 1 is 0.265 bits per heavy atom. The molecule has 0 aliphatic carbocycles. The van der Waals surface area contributed by atoms with E-state index < -0.39 is 0 Å². The average Bonchev–Trinajstić information content (AvgIpc) is 3.56. The maximum atomic E-state index is 6.32. The van der Waals surface area contributed by atoms with E-state index in [2.05, 4.69) is 97.1 Å². The highest BCUT2D eigenvalue weighted by atomic mass is 16.3. The number of fused-ring (bicyclic) bond motifs is 3. The van der Waals surface area contributed by atoms with E-state index in [0.29, 0.717) is 17.5 Å². The van der Waals surface area contributed by atoms with Crippen LogP contribution in [0, 0.1) is 0 Å². The summed E-state index contributed by atoms with van der Waals surface area (Å²) in [7, 11) is 0. The van der Waals surface area contributed by atoms with Gasteiger partial charge in [-0.15, -0.1) is 0 Å². The first-order valence-electron chi connectivity index (χ1n) is 16.4. The van der Waals surface area contributed by atoms with Crippen molar-refractivity contribution in [3.8, 4) is 67.5 Å². The van der Waals surface area contributed by atoms with Crippen LogP contribution in [0.4, 0.5) is 0 Å². The van der Waals surface area contributed by atoms with Crippen molar-refractivity contribution < 1.29 is 4.42 Å². The molecule has 0 aliphatic rings. The molecule has 0 N–H and O–H groups in total. The van der Waals surface area contributed by atoms with E-state index in [-0.39, 0.29) is 0 Å². The van der Waals surface area contributed by atoms with Crippen molar-refractivity contribution in [2.75, 3.05) is 0 Å². The van der Waals surface area contributed by atoms with Gasteiger partial charge in [0.05, 0.1) is 0 Å². The van der Waals surface area contributed by atoms with E-state index >= 15 is 0 Å². The van der Waals surface area contributed by atoms with Crippen molar-refractivity contribution in [1.82, 2.24) is 15.0 Å². The molecule has 0 radical (unpaired) electrons. The fraction of sp³-hybridized carbons (Fsp3) is 0. The van der Waals surface area contributed by atoms with Crippen LogP contribution < -0.4 is 0 Å². The molecule has 0 bridgehead atoms. The lowest BCUT2D eigenvalue weighted by Crippen LogP contribution is -2.00. The molecular formula is C45H29N3O. The van der Waals surface area contributed by atoms with Crippen LogP contribution in [-0.2, 0) is 0 Å². The van der Waals surface area contributed by atoms with Gasteiger partial charge in [-0.1, -0.05) is 133 Å². The summed E-state index contributed by atoms with van der Waals surface area (Å²) in [6.45, 7) is 0. The summed E-state index contributed by atoms with van der Waals surface area (Å²) in [5.74, 6) is 1.89. The molecule has 0 saturated heterocycles. The van der Waals surface area contributed by atoms with Crippen molar-refractivity contribution in [3.63, 3.8) is 0 Å². The molecule has 230 valence electrons. The van der Waals surface area contributed by atoms with Gasteiger partial charge in [0, 0.05) is 27.5 Å². The Hall–Kier alpha value is -6.65. The van der Waals surface area contributed by atoms with E-state index in [1.807, 2.05) is 78.9 Å². The molecule has 0 unspecified atom stereocenters. The fourth-order valence-corrected chi connectivity index (χ4v) is 6.42. The van der Waals surface area contributed by atoms with Crippen LogP contribution in [0.1, 0.15) is 0 Å². The zero-order valence-corrected chi connectivity index (χ0v) is 26.5. The molecule has 0 spiro atoms. The summed E-state index contributed by atoms with van der Waals surface area (Å²) in [5.41, 5.74) is 11.5. The minimum absolute atomic E-state index is 0.616. The van der Waals surface area contributed by atoms with Gasteiger partial charge in [0.15, 0.2) is 17.5 Å². The summed E-state index contributed by atoms with van der Waals surface area (Å²) >= 11 is 0. The first kappa shape index (κ1) is 28.6. The smallest absolute Gasteiger partial charge is 0.164 e. The third-order valence-corrected chi connectivity index (χ3v) is 8.93. The van der Waals surface area contributed by atoms with Crippen LogP contribution in [0.25, 0.3) is 89.5 Å². The Morgan fingerprint density at radius 2 is 0.612 bits per heavy atom. The quantitative estimate of drug-likeness (QED) is 0.184. The molecule has 0 saturated carbocycles. The van der Waals surface area contributed by atoms with Gasteiger partial charge in [-0.3, -0.25) is 0 Å². The van der Waals surface area contributed by atoms with Gasteiger partial charge in [0.1, 0.15) is 11.2 Å². The lowest BCUT2D eigenvalue weighted by Gasteiger charge is -2.09. The second-order valence-corrected chi connectivity index (χ2v) is 12.1. The number of furan rings is 1. The van der Waals surface area contributed by atoms with Gasteiger partial charge in [0.25, 0.3) is 0 Å². The highest BCUT2D eigenvalue weighted by Gasteiger charge is 2.15. The lowest BCUT2D eigenvalue weighted by atomic mass is 9.95. The van der Waals surface area contributed by atoms with Crippen molar-refractivity contribution >= 4 is 21.9 Å². The number of rotatable bonds is 6. The topological polar surface area (TPSA) is 51.8 Å². The van der Waals surface area contributed by atoms with Gasteiger partial charge in [-0.25, -0.2) is 15.0 Å². The molecule has 0 fully saturated rings. The van der Waals surface area contributed by atoms with Crippen LogP contribution in [0.3, 0.4) is 0 Å². The van der Waals surface area contributed by atoms with Gasteiger partial charge < -0.3 is 4.42 Å². The Morgan fingerprint density at radius 3 is 1.10 bits per heavy atom. The average molecular weight is 628 g/mol. The van der Waals surface area contributed by atoms with Crippen LogP contribution in [0.2, 0.25) is 0 Å². The van der Waals surface area contributed by atoms with Crippen molar-refractivity contribution in [3.05, 3.63) is 176 Å². The van der Waals surface area contributed by atoms with Crippen LogP contribution in [0.5, 0.6) is 0 Å². The Kier molecular flexibility index (Phi) is 7.10. The molecule has 9 rings (SSSR count). The number of hydrogen-bond donors (Lipinski definition) is 0. The van der Waals surface area contributed by atoms with Crippen molar-refractivity contribution in [2.45, 2.75) is 0 Å². The number of aromatic nitrogens is 3. The maximum absolute atomic E-state index is 6.32.